The smallest absolute Gasteiger partial charge is 0.153 e. The molecule has 0 fully saturated rings. The van der Waals surface area contributed by atoms with Gasteiger partial charge in [0.2, 0.25) is 0 Å². The molecule has 120 valence electrons. The minimum atomic E-state index is -1.51. The van der Waals surface area contributed by atoms with Crippen LogP contribution in [0.5, 0.6) is 0 Å². The molecule has 3 aromatic heterocycles. The molecule has 0 bridgehead atoms. The molecule has 0 unspecified atom stereocenters. The third kappa shape index (κ3) is 3.53. The van der Waals surface area contributed by atoms with Gasteiger partial charge in [0.25, 0.3) is 0 Å². The maximum Gasteiger partial charge on any atom is 0.153 e. The maximum absolute atomic E-state index is 6.13. The zero-order valence-corrected chi connectivity index (χ0v) is 14.9. The van der Waals surface area contributed by atoms with Crippen LogP contribution in [0.2, 0.25) is 19.6 Å². The van der Waals surface area contributed by atoms with Gasteiger partial charge in [0, 0.05) is 11.8 Å². The fourth-order valence-corrected chi connectivity index (χ4v) is 2.64. The molecule has 6 heteroatoms. The summed E-state index contributed by atoms with van der Waals surface area (Å²) in [6.07, 6.45) is 4.80. The lowest BCUT2D eigenvalue weighted by Gasteiger charge is -2.10. The fourth-order valence-electron chi connectivity index (χ4n) is 2.13. The third-order valence-electron chi connectivity index (χ3n) is 3.24. The van der Waals surface area contributed by atoms with Crippen molar-refractivity contribution in [1.82, 2.24) is 15.0 Å². The van der Waals surface area contributed by atoms with Crippen molar-refractivity contribution in [1.29, 1.82) is 0 Å². The molecule has 0 aliphatic heterocycles. The maximum atomic E-state index is 6.13. The lowest BCUT2D eigenvalue weighted by atomic mass is 10.0. The van der Waals surface area contributed by atoms with Crippen LogP contribution in [0.3, 0.4) is 0 Å². The minimum Gasteiger partial charge on any atom is -0.463 e. The standard InChI is InChI=1S/C18H18N4OSi/c1-24(2,3)10-7-13-11-14(15-6-8-20-12-21-15)17(22-18(13)19)16-5-4-9-23-16/h4-6,8-9,11-12H,1-3H3,(H2,19,22). The van der Waals surface area contributed by atoms with E-state index in [1.54, 1.807) is 12.5 Å². The summed E-state index contributed by atoms with van der Waals surface area (Å²) in [5, 5.41) is 0. The molecule has 3 aromatic rings. The third-order valence-corrected chi connectivity index (χ3v) is 4.11. The zero-order valence-electron chi connectivity index (χ0n) is 13.9. The number of nitrogens with zero attached hydrogens (tertiary/aromatic N) is 3. The van der Waals surface area contributed by atoms with E-state index in [4.69, 9.17) is 10.2 Å². The van der Waals surface area contributed by atoms with Crippen molar-refractivity contribution in [2.24, 2.45) is 0 Å². The number of anilines is 1. The fraction of sp³-hybridized carbons (Fsp3) is 0.167. The average molecular weight is 334 g/mol. The van der Waals surface area contributed by atoms with Crippen LogP contribution >= 0.6 is 0 Å². The van der Waals surface area contributed by atoms with Gasteiger partial charge in [-0.3, -0.25) is 0 Å². The second-order valence-corrected chi connectivity index (χ2v) is 11.1. The van der Waals surface area contributed by atoms with Crippen LogP contribution in [0, 0.1) is 11.5 Å². The lowest BCUT2D eigenvalue weighted by Crippen LogP contribution is -2.16. The Labute approximate surface area is 142 Å². The van der Waals surface area contributed by atoms with Gasteiger partial charge in [-0.05, 0) is 24.3 Å². The lowest BCUT2D eigenvalue weighted by molar-refractivity contribution is 0.580. The van der Waals surface area contributed by atoms with Crippen molar-refractivity contribution in [3.63, 3.8) is 0 Å². The number of nitrogens with two attached hydrogens (primary N) is 1. The normalized spacial score (nSPS) is 11.0. The molecule has 0 aromatic carbocycles. The van der Waals surface area contributed by atoms with Crippen molar-refractivity contribution in [2.75, 3.05) is 5.73 Å². The van der Waals surface area contributed by atoms with Crippen molar-refractivity contribution in [3.05, 3.63) is 48.6 Å². The summed E-state index contributed by atoms with van der Waals surface area (Å²) < 4.78 is 5.50. The average Bonchev–Trinajstić information content (AvgIpc) is 3.08. The summed E-state index contributed by atoms with van der Waals surface area (Å²) in [4.78, 5) is 12.8. The topological polar surface area (TPSA) is 77.8 Å². The number of hydrogen-bond donors (Lipinski definition) is 1. The molecular weight excluding hydrogens is 316 g/mol. The molecule has 0 amide bonds. The molecule has 24 heavy (non-hydrogen) atoms. The SMILES string of the molecule is C[Si](C)(C)C#Cc1cc(-c2ccncn2)c(-c2ccco2)nc1N. The van der Waals surface area contributed by atoms with E-state index in [1.165, 1.54) is 6.33 Å². The molecule has 0 spiro atoms. The summed E-state index contributed by atoms with van der Waals surface area (Å²) in [7, 11) is -1.51. The van der Waals surface area contributed by atoms with E-state index < -0.39 is 8.07 Å². The second kappa shape index (κ2) is 6.30. The largest absolute Gasteiger partial charge is 0.463 e. The van der Waals surface area contributed by atoms with E-state index in [0.29, 0.717) is 22.8 Å². The Morgan fingerprint density at radius 1 is 1.21 bits per heavy atom. The molecule has 0 saturated heterocycles. The van der Waals surface area contributed by atoms with E-state index in [2.05, 4.69) is 46.1 Å². The minimum absolute atomic E-state index is 0.393. The number of nitrogen functional groups attached to an aromatic ring is 1. The molecular formula is C18H18N4OSi. The molecule has 0 aliphatic rings. The zero-order chi connectivity index (χ0) is 17.2. The monoisotopic (exact) mass is 334 g/mol. The van der Waals surface area contributed by atoms with E-state index in [1.807, 2.05) is 24.3 Å². The molecule has 2 N–H and O–H groups in total. The Kier molecular flexibility index (Phi) is 4.19. The number of aromatic nitrogens is 3. The molecule has 0 radical (unpaired) electrons. The quantitative estimate of drug-likeness (QED) is 0.572. The van der Waals surface area contributed by atoms with Crippen LogP contribution in [-0.2, 0) is 0 Å². The van der Waals surface area contributed by atoms with Crippen molar-refractivity contribution in [3.8, 4) is 34.2 Å². The summed E-state index contributed by atoms with van der Waals surface area (Å²) in [6.45, 7) is 6.56. The Morgan fingerprint density at radius 3 is 2.67 bits per heavy atom. The van der Waals surface area contributed by atoms with E-state index in [0.717, 1.165) is 11.3 Å². The highest BCUT2D eigenvalue weighted by atomic mass is 28.3. The molecule has 0 saturated carbocycles. The highest BCUT2D eigenvalue weighted by molar-refractivity contribution is 6.83. The summed E-state index contributed by atoms with van der Waals surface area (Å²) >= 11 is 0. The second-order valence-electron chi connectivity index (χ2n) is 6.39. The van der Waals surface area contributed by atoms with Crippen LogP contribution in [-0.4, -0.2) is 23.0 Å². The molecule has 3 heterocycles. The van der Waals surface area contributed by atoms with Gasteiger partial charge in [-0.15, -0.1) is 5.54 Å². The first kappa shape index (κ1) is 16.0. The van der Waals surface area contributed by atoms with E-state index in [9.17, 15) is 0 Å². The van der Waals surface area contributed by atoms with Gasteiger partial charge >= 0.3 is 0 Å². The van der Waals surface area contributed by atoms with Crippen molar-refractivity contribution >= 4 is 13.9 Å². The highest BCUT2D eigenvalue weighted by Crippen LogP contribution is 2.32. The first-order valence-electron chi connectivity index (χ1n) is 7.58. The van der Waals surface area contributed by atoms with Gasteiger partial charge in [-0.2, -0.15) is 0 Å². The van der Waals surface area contributed by atoms with E-state index >= 15 is 0 Å². The summed E-state index contributed by atoms with van der Waals surface area (Å²) in [5.41, 5.74) is 12.4. The Bertz CT molecular complexity index is 904. The van der Waals surface area contributed by atoms with Crippen LogP contribution in [0.15, 0.2) is 47.5 Å². The summed E-state index contributed by atoms with van der Waals surface area (Å²) in [6, 6.07) is 7.42. The Balaban J connectivity index is 2.21. The molecule has 0 atom stereocenters. The number of furan rings is 1. The predicted molar refractivity (Wildman–Crippen MR) is 97.6 cm³/mol. The van der Waals surface area contributed by atoms with Gasteiger partial charge in [0.05, 0.1) is 17.5 Å². The van der Waals surface area contributed by atoms with E-state index in [-0.39, 0.29) is 0 Å². The van der Waals surface area contributed by atoms with Crippen LogP contribution in [0.1, 0.15) is 5.56 Å². The van der Waals surface area contributed by atoms with Gasteiger partial charge < -0.3 is 10.2 Å². The Hall–Kier alpha value is -2.91. The van der Waals surface area contributed by atoms with Crippen LogP contribution in [0.25, 0.3) is 22.7 Å². The van der Waals surface area contributed by atoms with Gasteiger partial charge in [0.15, 0.2) is 5.76 Å². The number of pyridine rings is 1. The predicted octanol–water partition coefficient (Wildman–Crippen LogP) is 3.61. The molecule has 5 nitrogen and oxygen atoms in total. The van der Waals surface area contributed by atoms with Crippen LogP contribution in [0.4, 0.5) is 5.82 Å². The van der Waals surface area contributed by atoms with Gasteiger partial charge in [-0.25, -0.2) is 15.0 Å². The summed E-state index contributed by atoms with van der Waals surface area (Å²) in [5.74, 6) is 4.22. The van der Waals surface area contributed by atoms with Gasteiger partial charge in [-0.1, -0.05) is 25.6 Å². The van der Waals surface area contributed by atoms with Crippen LogP contribution < -0.4 is 5.73 Å². The first-order chi connectivity index (χ1) is 11.4. The van der Waals surface area contributed by atoms with Crippen molar-refractivity contribution < 1.29 is 4.42 Å². The van der Waals surface area contributed by atoms with Crippen molar-refractivity contribution in [2.45, 2.75) is 19.6 Å². The molecule has 0 aliphatic carbocycles. The molecule has 3 rings (SSSR count). The van der Waals surface area contributed by atoms with Gasteiger partial charge in [0.1, 0.15) is 25.9 Å². The Morgan fingerprint density at radius 2 is 2.04 bits per heavy atom. The first-order valence-corrected chi connectivity index (χ1v) is 11.1. The highest BCUT2D eigenvalue weighted by Gasteiger charge is 2.16. The number of rotatable bonds is 2. The number of hydrogen-bond acceptors (Lipinski definition) is 5.